The lowest BCUT2D eigenvalue weighted by Crippen LogP contribution is -2.36. The Labute approximate surface area is 91.6 Å². The lowest BCUT2D eigenvalue weighted by molar-refractivity contribution is -0.126. The van der Waals surface area contributed by atoms with Gasteiger partial charge in [-0.1, -0.05) is 6.07 Å². The van der Waals surface area contributed by atoms with Gasteiger partial charge in [-0.15, -0.1) is 0 Å². The lowest BCUT2D eigenvalue weighted by atomic mass is 10.2. The summed E-state index contributed by atoms with van der Waals surface area (Å²) in [6.45, 7) is -0.103. The number of amides is 1. The number of ether oxygens (including phenoxy) is 1. The molecule has 0 heterocycles. The molecule has 0 aromatic heterocycles. The highest BCUT2D eigenvalue weighted by molar-refractivity contribution is 5.76. The summed E-state index contributed by atoms with van der Waals surface area (Å²) in [6.07, 6.45) is 0. The fraction of sp³-hybridized carbons (Fsp3) is 0.300. The monoisotopic (exact) mass is 230 g/mol. The van der Waals surface area contributed by atoms with Crippen molar-refractivity contribution in [2.75, 3.05) is 13.7 Å². The topological polar surface area (TPSA) is 50.4 Å². The second kappa shape index (κ2) is 6.14. The maximum Gasteiger partial charge on any atom is 0.260 e. The minimum absolute atomic E-state index is 0.0499. The number of hydrogen-bond acceptors (Lipinski definition) is 3. The van der Waals surface area contributed by atoms with Crippen molar-refractivity contribution in [1.82, 2.24) is 10.9 Å². The largest absolute Gasteiger partial charge is 0.367 e. The van der Waals surface area contributed by atoms with Crippen molar-refractivity contribution in [3.05, 3.63) is 35.4 Å². The lowest BCUT2D eigenvalue weighted by Gasteiger charge is -2.05. The van der Waals surface area contributed by atoms with Gasteiger partial charge in [0, 0.05) is 7.05 Å². The Balaban J connectivity index is 2.37. The second-order valence-electron chi connectivity index (χ2n) is 3.04. The van der Waals surface area contributed by atoms with Crippen molar-refractivity contribution < 1.29 is 18.3 Å². The van der Waals surface area contributed by atoms with Crippen LogP contribution in [0.3, 0.4) is 0 Å². The van der Waals surface area contributed by atoms with E-state index < -0.39 is 11.6 Å². The van der Waals surface area contributed by atoms with E-state index in [0.29, 0.717) is 5.56 Å². The third kappa shape index (κ3) is 3.92. The van der Waals surface area contributed by atoms with Gasteiger partial charge in [-0.3, -0.25) is 10.2 Å². The predicted octanol–water partition coefficient (Wildman–Crippen LogP) is 0.732. The Bertz CT molecular complexity index is 372. The molecule has 0 atom stereocenters. The quantitative estimate of drug-likeness (QED) is 0.733. The van der Waals surface area contributed by atoms with Gasteiger partial charge in [0.15, 0.2) is 11.6 Å². The molecule has 88 valence electrons. The summed E-state index contributed by atoms with van der Waals surface area (Å²) in [5, 5.41) is 0. The van der Waals surface area contributed by atoms with Gasteiger partial charge in [-0.05, 0) is 17.7 Å². The zero-order chi connectivity index (χ0) is 12.0. The van der Waals surface area contributed by atoms with Gasteiger partial charge in [0.05, 0.1) is 6.61 Å². The van der Waals surface area contributed by atoms with Crippen LogP contribution in [0.15, 0.2) is 18.2 Å². The van der Waals surface area contributed by atoms with Gasteiger partial charge < -0.3 is 4.74 Å². The molecule has 2 N–H and O–H groups in total. The van der Waals surface area contributed by atoms with Crippen LogP contribution in [0.5, 0.6) is 0 Å². The van der Waals surface area contributed by atoms with Crippen molar-refractivity contribution in [3.8, 4) is 0 Å². The van der Waals surface area contributed by atoms with Gasteiger partial charge in [-0.2, -0.15) is 0 Å². The van der Waals surface area contributed by atoms with Crippen LogP contribution in [-0.2, 0) is 16.1 Å². The molecular formula is C10H12F2N2O2. The molecule has 1 amide bonds. The van der Waals surface area contributed by atoms with Crippen LogP contribution in [-0.4, -0.2) is 19.6 Å². The SMILES string of the molecule is CNNC(=O)COCc1ccc(F)c(F)c1. The molecule has 0 aliphatic rings. The number of carbonyl (C=O) groups excluding carboxylic acids is 1. The first-order chi connectivity index (χ1) is 7.63. The molecule has 16 heavy (non-hydrogen) atoms. The highest BCUT2D eigenvalue weighted by Crippen LogP contribution is 2.09. The normalized spacial score (nSPS) is 10.2. The van der Waals surface area contributed by atoms with E-state index in [1.807, 2.05) is 0 Å². The number of rotatable bonds is 5. The molecule has 0 saturated heterocycles. The van der Waals surface area contributed by atoms with Crippen LogP contribution in [0.1, 0.15) is 5.56 Å². The van der Waals surface area contributed by atoms with Gasteiger partial charge in [0.2, 0.25) is 0 Å². The molecule has 1 rings (SSSR count). The summed E-state index contributed by atoms with van der Waals surface area (Å²) < 4.78 is 30.3. The fourth-order valence-corrected chi connectivity index (χ4v) is 1.07. The van der Waals surface area contributed by atoms with Crippen molar-refractivity contribution in [3.63, 3.8) is 0 Å². The smallest absolute Gasteiger partial charge is 0.260 e. The molecule has 0 aliphatic heterocycles. The van der Waals surface area contributed by atoms with E-state index in [4.69, 9.17) is 4.74 Å². The highest BCUT2D eigenvalue weighted by Gasteiger charge is 2.04. The summed E-state index contributed by atoms with van der Waals surface area (Å²) in [6, 6.07) is 3.45. The van der Waals surface area contributed by atoms with Crippen LogP contribution in [0, 0.1) is 11.6 Å². The zero-order valence-electron chi connectivity index (χ0n) is 8.72. The standard InChI is InChI=1S/C10H12F2N2O2/c1-13-14-10(15)6-16-5-7-2-3-8(11)9(12)4-7/h2-4,13H,5-6H2,1H3,(H,14,15). The van der Waals surface area contributed by atoms with Crippen LogP contribution >= 0.6 is 0 Å². The number of hydrogen-bond donors (Lipinski definition) is 2. The second-order valence-corrected chi connectivity index (χ2v) is 3.04. The van der Waals surface area contributed by atoms with Crippen LogP contribution in [0.4, 0.5) is 8.78 Å². The fourth-order valence-electron chi connectivity index (χ4n) is 1.07. The molecule has 0 saturated carbocycles. The predicted molar refractivity (Wildman–Crippen MR) is 53.2 cm³/mol. The van der Waals surface area contributed by atoms with Gasteiger partial charge >= 0.3 is 0 Å². The molecule has 1 aromatic carbocycles. The summed E-state index contributed by atoms with van der Waals surface area (Å²) in [5.74, 6) is -2.18. The van der Waals surface area contributed by atoms with Crippen LogP contribution in [0.25, 0.3) is 0 Å². The van der Waals surface area contributed by atoms with Gasteiger partial charge in [0.1, 0.15) is 6.61 Å². The van der Waals surface area contributed by atoms with E-state index in [2.05, 4.69) is 10.9 Å². The number of halogens is 2. The van der Waals surface area contributed by atoms with Crippen molar-refractivity contribution >= 4 is 5.91 Å². The maximum absolute atomic E-state index is 12.8. The molecule has 0 unspecified atom stereocenters. The van der Waals surface area contributed by atoms with Gasteiger partial charge in [-0.25, -0.2) is 14.2 Å². The Morgan fingerprint density at radius 3 is 2.75 bits per heavy atom. The summed E-state index contributed by atoms with van der Waals surface area (Å²) in [5.41, 5.74) is 5.22. The maximum atomic E-state index is 12.8. The molecule has 4 nitrogen and oxygen atoms in total. The average molecular weight is 230 g/mol. The van der Waals surface area contributed by atoms with E-state index in [-0.39, 0.29) is 19.1 Å². The zero-order valence-corrected chi connectivity index (χ0v) is 8.72. The number of carbonyl (C=O) groups is 1. The third-order valence-corrected chi connectivity index (χ3v) is 1.75. The summed E-state index contributed by atoms with van der Waals surface area (Å²) in [7, 11) is 1.55. The van der Waals surface area contributed by atoms with E-state index in [0.717, 1.165) is 12.1 Å². The summed E-state index contributed by atoms with van der Waals surface area (Å²) >= 11 is 0. The first kappa shape index (κ1) is 12.5. The highest BCUT2D eigenvalue weighted by atomic mass is 19.2. The average Bonchev–Trinajstić information content (AvgIpc) is 2.24. The number of hydrazine groups is 1. The Hall–Kier alpha value is -1.53. The van der Waals surface area contributed by atoms with Crippen LogP contribution < -0.4 is 10.9 Å². The molecule has 0 fully saturated rings. The molecular weight excluding hydrogens is 218 g/mol. The molecule has 6 heteroatoms. The van der Waals surface area contributed by atoms with Gasteiger partial charge in [0.25, 0.3) is 5.91 Å². The number of benzene rings is 1. The third-order valence-electron chi connectivity index (χ3n) is 1.75. The molecule has 0 spiro atoms. The van der Waals surface area contributed by atoms with Crippen molar-refractivity contribution in [2.45, 2.75) is 6.61 Å². The Morgan fingerprint density at radius 1 is 1.38 bits per heavy atom. The van der Waals surface area contributed by atoms with E-state index in [1.54, 1.807) is 7.05 Å². The van der Waals surface area contributed by atoms with E-state index in [9.17, 15) is 13.6 Å². The molecule has 0 radical (unpaired) electrons. The van der Waals surface area contributed by atoms with Crippen molar-refractivity contribution in [1.29, 1.82) is 0 Å². The Morgan fingerprint density at radius 2 is 2.12 bits per heavy atom. The molecule has 0 bridgehead atoms. The van der Waals surface area contributed by atoms with Crippen LogP contribution in [0.2, 0.25) is 0 Å². The first-order valence-electron chi connectivity index (χ1n) is 4.60. The summed E-state index contributed by atoms with van der Waals surface area (Å²) in [4.78, 5) is 10.9. The first-order valence-corrected chi connectivity index (χ1v) is 4.60. The minimum atomic E-state index is -0.930. The molecule has 0 aliphatic carbocycles. The minimum Gasteiger partial charge on any atom is -0.367 e. The number of nitrogens with one attached hydrogen (secondary N) is 2. The van der Waals surface area contributed by atoms with Crippen molar-refractivity contribution in [2.24, 2.45) is 0 Å². The van der Waals surface area contributed by atoms with E-state index >= 15 is 0 Å². The van der Waals surface area contributed by atoms with E-state index in [1.165, 1.54) is 6.07 Å². The Kier molecular flexibility index (Phi) is 4.81. The molecule has 1 aromatic rings.